The number of aliphatic hydroxyl groups is 2. The van der Waals surface area contributed by atoms with Crippen molar-refractivity contribution >= 4 is 5.78 Å². The van der Waals surface area contributed by atoms with Crippen LogP contribution in [-0.2, 0) is 14.3 Å². The fourth-order valence-electron chi connectivity index (χ4n) is 2.09. The Bertz CT molecular complexity index is 256. The molecule has 0 unspecified atom stereocenters. The molecule has 0 aromatic carbocycles. The first-order valence-corrected chi connectivity index (χ1v) is 6.60. The molecule has 1 heterocycles. The average Bonchev–Trinajstić information content (AvgIpc) is 2.32. The van der Waals surface area contributed by atoms with E-state index in [9.17, 15) is 9.90 Å². The van der Waals surface area contributed by atoms with Crippen LogP contribution in [0.5, 0.6) is 0 Å². The molecule has 18 heavy (non-hydrogen) atoms. The summed E-state index contributed by atoms with van der Waals surface area (Å²) >= 11 is 0. The van der Waals surface area contributed by atoms with Crippen LogP contribution in [0.1, 0.15) is 39.5 Å². The maximum atomic E-state index is 10.7. The third kappa shape index (κ3) is 5.02. The molecule has 0 aliphatic carbocycles. The van der Waals surface area contributed by atoms with Crippen LogP contribution < -0.4 is 0 Å². The first-order valence-electron chi connectivity index (χ1n) is 6.60. The summed E-state index contributed by atoms with van der Waals surface area (Å²) in [5.74, 6) is 0.249. The Hall–Kier alpha value is -0.490. The topological polar surface area (TPSA) is 76.0 Å². The van der Waals surface area contributed by atoms with Gasteiger partial charge in [-0.2, -0.15) is 0 Å². The minimum absolute atomic E-state index is 0.0538. The number of unbranched alkanes of at least 4 members (excludes halogenated alkanes) is 1. The molecule has 2 N–H and O–H groups in total. The highest BCUT2D eigenvalue weighted by Crippen LogP contribution is 2.25. The predicted octanol–water partition coefficient (Wildman–Crippen LogP) is 0.867. The zero-order valence-corrected chi connectivity index (χ0v) is 11.2. The largest absolute Gasteiger partial charge is 0.394 e. The number of carbonyl (C=O) groups excluding carboxylic acids is 1. The summed E-state index contributed by atoms with van der Waals surface area (Å²) in [6.45, 7) is 3.84. The van der Waals surface area contributed by atoms with E-state index in [1.54, 1.807) is 6.92 Å². The first kappa shape index (κ1) is 15.6. The molecule has 5 nitrogen and oxygen atoms in total. The second kappa shape index (κ2) is 7.84. The van der Waals surface area contributed by atoms with Gasteiger partial charge in [0.2, 0.25) is 0 Å². The minimum Gasteiger partial charge on any atom is -0.394 e. The number of ketones is 1. The van der Waals surface area contributed by atoms with E-state index in [1.807, 2.05) is 6.92 Å². The molecule has 1 rings (SSSR count). The van der Waals surface area contributed by atoms with E-state index in [-0.39, 0.29) is 24.6 Å². The zero-order valence-electron chi connectivity index (χ0n) is 11.2. The lowest BCUT2D eigenvalue weighted by Gasteiger charge is -2.36. The number of carbonyl (C=O) groups is 1. The fourth-order valence-corrected chi connectivity index (χ4v) is 2.09. The lowest BCUT2D eigenvalue weighted by Crippen LogP contribution is -2.46. The third-order valence-corrected chi connectivity index (χ3v) is 3.26. The molecule has 0 saturated carbocycles. The van der Waals surface area contributed by atoms with Crippen LogP contribution in [0.15, 0.2) is 0 Å². The molecule has 1 saturated heterocycles. The molecule has 0 aromatic rings. The first-order chi connectivity index (χ1) is 8.54. The molecule has 106 valence electrons. The number of hydrogen-bond donors (Lipinski definition) is 2. The molecule has 0 aromatic heterocycles. The highest BCUT2D eigenvalue weighted by molar-refractivity contribution is 5.75. The lowest BCUT2D eigenvalue weighted by atomic mass is 9.93. The molecule has 0 spiro atoms. The summed E-state index contributed by atoms with van der Waals surface area (Å²) < 4.78 is 11.0. The van der Waals surface area contributed by atoms with Gasteiger partial charge in [0.25, 0.3) is 0 Å². The summed E-state index contributed by atoms with van der Waals surface area (Å²) in [6.07, 6.45) is 1.30. The van der Waals surface area contributed by atoms with Crippen molar-refractivity contribution in [3.05, 3.63) is 0 Å². The Kier molecular flexibility index (Phi) is 6.78. The molecule has 4 atom stereocenters. The van der Waals surface area contributed by atoms with Crippen molar-refractivity contribution in [2.24, 2.45) is 5.92 Å². The third-order valence-electron chi connectivity index (χ3n) is 3.26. The molecule has 0 amide bonds. The van der Waals surface area contributed by atoms with E-state index >= 15 is 0 Å². The Morgan fingerprint density at radius 3 is 2.78 bits per heavy atom. The van der Waals surface area contributed by atoms with Gasteiger partial charge in [-0.3, -0.25) is 0 Å². The van der Waals surface area contributed by atoms with Crippen LogP contribution >= 0.6 is 0 Å². The lowest BCUT2D eigenvalue weighted by molar-refractivity contribution is -0.244. The number of hydrogen-bond acceptors (Lipinski definition) is 5. The Morgan fingerprint density at radius 2 is 2.17 bits per heavy atom. The fraction of sp³-hybridized carbons (Fsp3) is 0.923. The van der Waals surface area contributed by atoms with Gasteiger partial charge in [-0.15, -0.1) is 0 Å². The molecule has 5 heteroatoms. The van der Waals surface area contributed by atoms with Gasteiger partial charge in [0, 0.05) is 19.4 Å². The van der Waals surface area contributed by atoms with Crippen molar-refractivity contribution in [3.63, 3.8) is 0 Å². The SMILES string of the molecule is CC(=O)CCCCO[C@H]1C[C@@H](C)[C@@H](O)[C@@H](CO)O1. The normalized spacial score (nSPS) is 32.4. The van der Waals surface area contributed by atoms with Crippen molar-refractivity contribution in [2.45, 2.75) is 58.0 Å². The molecule has 1 fully saturated rings. The van der Waals surface area contributed by atoms with Gasteiger partial charge in [0.15, 0.2) is 6.29 Å². The van der Waals surface area contributed by atoms with Gasteiger partial charge in [0.1, 0.15) is 11.9 Å². The van der Waals surface area contributed by atoms with E-state index in [1.165, 1.54) is 0 Å². The monoisotopic (exact) mass is 260 g/mol. The van der Waals surface area contributed by atoms with Gasteiger partial charge in [-0.1, -0.05) is 6.92 Å². The maximum Gasteiger partial charge on any atom is 0.158 e. The van der Waals surface area contributed by atoms with Gasteiger partial charge in [-0.05, 0) is 25.7 Å². The van der Waals surface area contributed by atoms with Gasteiger partial charge < -0.3 is 24.5 Å². The molecule has 1 aliphatic heterocycles. The van der Waals surface area contributed by atoms with Crippen LogP contribution in [0, 0.1) is 5.92 Å². The van der Waals surface area contributed by atoms with Crippen molar-refractivity contribution in [2.75, 3.05) is 13.2 Å². The highest BCUT2D eigenvalue weighted by atomic mass is 16.7. The smallest absolute Gasteiger partial charge is 0.158 e. The zero-order chi connectivity index (χ0) is 13.5. The summed E-state index contributed by atoms with van der Waals surface area (Å²) in [7, 11) is 0. The second-order valence-corrected chi connectivity index (χ2v) is 5.02. The predicted molar refractivity (Wildman–Crippen MR) is 66.0 cm³/mol. The summed E-state index contributed by atoms with van der Waals surface area (Å²) in [6, 6.07) is 0. The van der Waals surface area contributed by atoms with Crippen molar-refractivity contribution < 1.29 is 24.5 Å². The van der Waals surface area contributed by atoms with Gasteiger partial charge >= 0.3 is 0 Å². The van der Waals surface area contributed by atoms with Crippen LogP contribution in [-0.4, -0.2) is 47.7 Å². The van der Waals surface area contributed by atoms with Crippen LogP contribution in [0.2, 0.25) is 0 Å². The number of aliphatic hydroxyl groups excluding tert-OH is 2. The highest BCUT2D eigenvalue weighted by Gasteiger charge is 2.35. The van der Waals surface area contributed by atoms with E-state index in [0.29, 0.717) is 19.4 Å². The Morgan fingerprint density at radius 1 is 1.44 bits per heavy atom. The van der Waals surface area contributed by atoms with Crippen molar-refractivity contribution in [1.29, 1.82) is 0 Å². The second-order valence-electron chi connectivity index (χ2n) is 5.02. The van der Waals surface area contributed by atoms with Crippen LogP contribution in [0.3, 0.4) is 0 Å². The Labute approximate surface area is 108 Å². The van der Waals surface area contributed by atoms with Gasteiger partial charge in [-0.25, -0.2) is 0 Å². The van der Waals surface area contributed by atoms with Crippen LogP contribution in [0.4, 0.5) is 0 Å². The van der Waals surface area contributed by atoms with Crippen molar-refractivity contribution in [1.82, 2.24) is 0 Å². The summed E-state index contributed by atoms with van der Waals surface area (Å²) in [4.78, 5) is 10.7. The average molecular weight is 260 g/mol. The van der Waals surface area contributed by atoms with Gasteiger partial charge in [0.05, 0.1) is 12.7 Å². The molecule has 0 radical (unpaired) electrons. The van der Waals surface area contributed by atoms with E-state index in [2.05, 4.69) is 0 Å². The van der Waals surface area contributed by atoms with E-state index in [4.69, 9.17) is 14.6 Å². The molecule has 0 bridgehead atoms. The van der Waals surface area contributed by atoms with E-state index < -0.39 is 12.2 Å². The Balaban J connectivity index is 2.20. The van der Waals surface area contributed by atoms with Crippen molar-refractivity contribution in [3.8, 4) is 0 Å². The maximum absolute atomic E-state index is 10.7. The summed E-state index contributed by atoms with van der Waals surface area (Å²) in [5, 5.41) is 18.8. The minimum atomic E-state index is -0.632. The standard InChI is InChI=1S/C13H24O5/c1-9-7-12(18-11(8-14)13(9)16)17-6-4-3-5-10(2)15/h9,11-14,16H,3-8H2,1-2H3/t9-,11-,12-,13-/m1/s1. The molecule has 1 aliphatic rings. The number of rotatable bonds is 7. The van der Waals surface area contributed by atoms with E-state index in [0.717, 1.165) is 12.8 Å². The number of Topliss-reactive ketones (excluding diaryl/α,β-unsaturated/α-hetero) is 1. The summed E-state index contributed by atoms with van der Waals surface area (Å²) in [5.41, 5.74) is 0. The quantitative estimate of drug-likeness (QED) is 0.664. The van der Waals surface area contributed by atoms with Crippen LogP contribution in [0.25, 0.3) is 0 Å². The molecular weight excluding hydrogens is 236 g/mol. The molecular formula is C13H24O5. The number of ether oxygens (including phenoxy) is 2.